The highest BCUT2D eigenvalue weighted by atomic mass is 35.5. The van der Waals surface area contributed by atoms with Gasteiger partial charge >= 0.3 is 0 Å². The Morgan fingerprint density at radius 3 is 2.60 bits per heavy atom. The van der Waals surface area contributed by atoms with Crippen LogP contribution in [0.3, 0.4) is 0 Å². The van der Waals surface area contributed by atoms with Crippen LogP contribution in [0.1, 0.15) is 12.8 Å². The minimum Gasteiger partial charge on any atom is -0.350 e. The summed E-state index contributed by atoms with van der Waals surface area (Å²) in [6, 6.07) is 7.39. The fourth-order valence-electron chi connectivity index (χ4n) is 1.34. The van der Waals surface area contributed by atoms with Gasteiger partial charge in [0.2, 0.25) is 5.91 Å². The fourth-order valence-corrected chi connectivity index (χ4v) is 2.32. The highest BCUT2D eigenvalue weighted by molar-refractivity contribution is 7.99. The molecule has 0 radical (unpaired) electrons. The Kier molecular flexibility index (Phi) is 7.26. The number of halogens is 3. The van der Waals surface area contributed by atoms with Gasteiger partial charge in [0.15, 0.2) is 0 Å². The van der Waals surface area contributed by atoms with Crippen LogP contribution < -0.4 is 11.1 Å². The summed E-state index contributed by atoms with van der Waals surface area (Å²) in [5.41, 5.74) is 4.88. The molecule has 7 heteroatoms. The van der Waals surface area contributed by atoms with E-state index in [2.05, 4.69) is 5.32 Å². The van der Waals surface area contributed by atoms with Crippen molar-refractivity contribution in [2.45, 2.75) is 23.7 Å². The predicted octanol–water partition coefficient (Wildman–Crippen LogP) is 2.92. The molecule has 0 aromatic heterocycles. The number of hydrogen-bond donors (Lipinski definition) is 2. The predicted molar refractivity (Wildman–Crippen MR) is 78.4 cm³/mol. The lowest BCUT2D eigenvalue weighted by molar-refractivity contribution is -0.122. The minimum absolute atomic E-state index is 0.223. The van der Waals surface area contributed by atoms with Gasteiger partial charge in [-0.15, -0.1) is 11.8 Å². The average molecular weight is 323 g/mol. The van der Waals surface area contributed by atoms with Crippen LogP contribution in [-0.2, 0) is 4.79 Å². The third-order valence-corrected chi connectivity index (χ3v) is 3.82. The Hall–Kier alpha value is -0.850. The molecule has 1 amide bonds. The van der Waals surface area contributed by atoms with Crippen molar-refractivity contribution in [1.29, 1.82) is 0 Å². The van der Waals surface area contributed by atoms with Crippen molar-refractivity contribution in [2.24, 2.45) is 5.73 Å². The third kappa shape index (κ3) is 7.07. The number of alkyl halides is 2. The number of thioether (sulfide) groups is 1. The molecule has 0 aliphatic heterocycles. The van der Waals surface area contributed by atoms with Crippen molar-refractivity contribution in [3.63, 3.8) is 0 Å². The van der Waals surface area contributed by atoms with E-state index in [-0.39, 0.29) is 12.3 Å². The molecule has 112 valence electrons. The van der Waals surface area contributed by atoms with Gasteiger partial charge in [-0.1, -0.05) is 11.6 Å². The van der Waals surface area contributed by atoms with Crippen LogP contribution in [0, 0.1) is 0 Å². The maximum Gasteiger partial charge on any atom is 0.277 e. The molecule has 3 nitrogen and oxygen atoms in total. The molecule has 20 heavy (non-hydrogen) atoms. The zero-order valence-corrected chi connectivity index (χ0v) is 12.4. The van der Waals surface area contributed by atoms with E-state index in [1.54, 1.807) is 23.9 Å². The Morgan fingerprint density at radius 2 is 2.00 bits per heavy atom. The molecule has 0 fully saturated rings. The van der Waals surface area contributed by atoms with Crippen molar-refractivity contribution in [2.75, 3.05) is 18.8 Å². The van der Waals surface area contributed by atoms with Crippen molar-refractivity contribution in [3.8, 4) is 0 Å². The van der Waals surface area contributed by atoms with Crippen LogP contribution in [-0.4, -0.2) is 30.7 Å². The molecule has 0 saturated carbocycles. The molecule has 0 unspecified atom stereocenters. The molecule has 1 aromatic carbocycles. The summed E-state index contributed by atoms with van der Waals surface area (Å²) in [4.78, 5) is 12.4. The second kappa shape index (κ2) is 8.44. The van der Waals surface area contributed by atoms with E-state index in [1.807, 2.05) is 12.1 Å². The Balaban J connectivity index is 2.14. The first kappa shape index (κ1) is 17.2. The first-order valence-corrected chi connectivity index (χ1v) is 7.52. The van der Waals surface area contributed by atoms with Gasteiger partial charge < -0.3 is 11.1 Å². The van der Waals surface area contributed by atoms with Crippen molar-refractivity contribution in [1.82, 2.24) is 5.32 Å². The number of rotatable bonds is 8. The molecule has 0 aliphatic rings. The van der Waals surface area contributed by atoms with Crippen molar-refractivity contribution in [3.05, 3.63) is 29.3 Å². The van der Waals surface area contributed by atoms with Crippen LogP contribution in [0.4, 0.5) is 8.78 Å². The smallest absolute Gasteiger partial charge is 0.277 e. The Labute approximate surface area is 126 Å². The van der Waals surface area contributed by atoms with Crippen LogP contribution in [0.15, 0.2) is 29.2 Å². The summed E-state index contributed by atoms with van der Waals surface area (Å²) in [5, 5.41) is 2.86. The van der Waals surface area contributed by atoms with E-state index in [1.165, 1.54) is 0 Å². The standard InChI is InChI=1S/C13H17ClF2N2OS/c14-10-3-5-11(6-4-10)20-7-1-2-12(19)18-9-13(15,16)8-17/h3-6H,1-2,7-9,17H2,(H,18,19). The minimum atomic E-state index is -3.03. The number of nitrogens with one attached hydrogen (secondary N) is 1. The van der Waals surface area contributed by atoms with Gasteiger partial charge in [-0.05, 0) is 36.4 Å². The van der Waals surface area contributed by atoms with Gasteiger partial charge in [0.1, 0.15) is 0 Å². The zero-order valence-electron chi connectivity index (χ0n) is 10.9. The van der Waals surface area contributed by atoms with E-state index in [4.69, 9.17) is 17.3 Å². The number of nitrogens with two attached hydrogens (primary N) is 1. The van der Waals surface area contributed by atoms with Crippen molar-refractivity contribution >= 4 is 29.3 Å². The van der Waals surface area contributed by atoms with Gasteiger partial charge in [0.05, 0.1) is 13.1 Å². The van der Waals surface area contributed by atoms with E-state index in [0.29, 0.717) is 11.4 Å². The number of benzene rings is 1. The molecule has 3 N–H and O–H groups in total. The lowest BCUT2D eigenvalue weighted by Crippen LogP contribution is -2.41. The summed E-state index contributed by atoms with van der Waals surface area (Å²) < 4.78 is 25.6. The van der Waals surface area contributed by atoms with E-state index in [9.17, 15) is 13.6 Å². The highest BCUT2D eigenvalue weighted by Gasteiger charge is 2.26. The molecular formula is C13H17ClF2N2OS. The molecule has 1 aromatic rings. The molecule has 0 heterocycles. The largest absolute Gasteiger partial charge is 0.350 e. The van der Waals surface area contributed by atoms with Gasteiger partial charge in [-0.25, -0.2) is 8.78 Å². The molecule has 0 aliphatic carbocycles. The summed E-state index contributed by atoms with van der Waals surface area (Å²) in [7, 11) is 0. The number of carbonyl (C=O) groups is 1. The van der Waals surface area contributed by atoms with Crippen LogP contribution in [0.2, 0.25) is 5.02 Å². The zero-order chi connectivity index (χ0) is 15.0. The molecular weight excluding hydrogens is 306 g/mol. The normalized spacial score (nSPS) is 11.4. The quantitative estimate of drug-likeness (QED) is 0.571. The van der Waals surface area contributed by atoms with Gasteiger partial charge in [0.25, 0.3) is 5.92 Å². The monoisotopic (exact) mass is 322 g/mol. The van der Waals surface area contributed by atoms with E-state index >= 15 is 0 Å². The first-order chi connectivity index (χ1) is 9.43. The summed E-state index contributed by atoms with van der Waals surface area (Å²) in [6.07, 6.45) is 0.842. The van der Waals surface area contributed by atoms with Crippen LogP contribution >= 0.6 is 23.4 Å². The fraction of sp³-hybridized carbons (Fsp3) is 0.462. The second-order valence-electron chi connectivity index (χ2n) is 4.24. The van der Waals surface area contributed by atoms with Gasteiger partial charge in [-0.2, -0.15) is 0 Å². The lowest BCUT2D eigenvalue weighted by atomic mass is 10.3. The molecule has 0 bridgehead atoms. The third-order valence-electron chi connectivity index (χ3n) is 2.47. The summed E-state index contributed by atoms with van der Waals surface area (Å²) in [5.74, 6) is -2.68. The second-order valence-corrected chi connectivity index (χ2v) is 5.85. The lowest BCUT2D eigenvalue weighted by Gasteiger charge is -2.14. The number of amides is 1. The summed E-state index contributed by atoms with van der Waals surface area (Å²) in [6.45, 7) is -1.47. The maximum absolute atomic E-state index is 12.8. The van der Waals surface area contributed by atoms with Gasteiger partial charge in [0, 0.05) is 16.3 Å². The number of hydrogen-bond acceptors (Lipinski definition) is 3. The van der Waals surface area contributed by atoms with Crippen molar-refractivity contribution < 1.29 is 13.6 Å². The highest BCUT2D eigenvalue weighted by Crippen LogP contribution is 2.21. The van der Waals surface area contributed by atoms with E-state index in [0.717, 1.165) is 10.6 Å². The first-order valence-electron chi connectivity index (χ1n) is 6.16. The van der Waals surface area contributed by atoms with Crippen LogP contribution in [0.5, 0.6) is 0 Å². The molecule has 1 rings (SSSR count). The molecule has 0 saturated heterocycles. The Morgan fingerprint density at radius 1 is 1.35 bits per heavy atom. The van der Waals surface area contributed by atoms with E-state index < -0.39 is 19.0 Å². The van der Waals surface area contributed by atoms with Gasteiger partial charge in [-0.3, -0.25) is 4.79 Å². The Bertz CT molecular complexity index is 429. The topological polar surface area (TPSA) is 55.1 Å². The van der Waals surface area contributed by atoms with Crippen LogP contribution in [0.25, 0.3) is 0 Å². The SMILES string of the molecule is NCC(F)(F)CNC(=O)CCCSc1ccc(Cl)cc1. The maximum atomic E-state index is 12.8. The molecule has 0 spiro atoms. The average Bonchev–Trinajstić information content (AvgIpc) is 2.43. The summed E-state index contributed by atoms with van der Waals surface area (Å²) >= 11 is 7.36. The molecule has 0 atom stereocenters. The number of carbonyl (C=O) groups excluding carboxylic acids is 1.